The highest BCUT2D eigenvalue weighted by Crippen LogP contribution is 2.36. The molecular formula is C26H42N4O2. The normalized spacial score (nSPS) is 13.2. The average Bonchev–Trinajstić information content (AvgIpc) is 2.80. The molecule has 178 valence electrons. The fourth-order valence-electron chi connectivity index (χ4n) is 3.37. The fraction of sp³-hybridized carbons (Fsp3) is 0.577. The maximum atomic E-state index is 5.59. The Bertz CT molecular complexity index is 894. The van der Waals surface area contributed by atoms with Gasteiger partial charge in [0.2, 0.25) is 5.88 Å². The van der Waals surface area contributed by atoms with Crippen molar-refractivity contribution in [1.29, 1.82) is 0 Å². The maximum Gasteiger partial charge on any atom is 0.222 e. The lowest BCUT2D eigenvalue weighted by Gasteiger charge is -2.33. The zero-order valence-corrected chi connectivity index (χ0v) is 21.9. The lowest BCUT2D eigenvalue weighted by atomic mass is 10.0. The second-order valence-corrected chi connectivity index (χ2v) is 7.98. The Morgan fingerprint density at radius 1 is 0.969 bits per heavy atom. The minimum Gasteiger partial charge on any atom is -0.480 e. The van der Waals surface area contributed by atoms with E-state index in [0.29, 0.717) is 17.8 Å². The van der Waals surface area contributed by atoms with Crippen LogP contribution in [0.2, 0.25) is 0 Å². The summed E-state index contributed by atoms with van der Waals surface area (Å²) in [4.78, 5) is 17.0. The summed E-state index contributed by atoms with van der Waals surface area (Å²) in [5.74, 6) is 1.93. The van der Waals surface area contributed by atoms with Gasteiger partial charge in [-0.2, -0.15) is 0 Å². The number of anilines is 1. The molecule has 0 fully saturated rings. The highest BCUT2D eigenvalue weighted by Gasteiger charge is 2.25. The predicted molar refractivity (Wildman–Crippen MR) is 136 cm³/mol. The van der Waals surface area contributed by atoms with Gasteiger partial charge in [0.25, 0.3) is 0 Å². The van der Waals surface area contributed by atoms with Gasteiger partial charge in [-0.3, -0.25) is 0 Å². The van der Waals surface area contributed by atoms with E-state index in [4.69, 9.17) is 14.7 Å². The van der Waals surface area contributed by atoms with Crippen molar-refractivity contribution in [1.82, 2.24) is 15.0 Å². The Labute approximate surface area is 195 Å². The van der Waals surface area contributed by atoms with Crippen LogP contribution in [0, 0.1) is 6.92 Å². The van der Waals surface area contributed by atoms with Crippen molar-refractivity contribution in [2.45, 2.75) is 73.8 Å². The molecule has 0 amide bonds. The molecule has 32 heavy (non-hydrogen) atoms. The van der Waals surface area contributed by atoms with Crippen molar-refractivity contribution in [2.24, 2.45) is 0 Å². The van der Waals surface area contributed by atoms with Crippen LogP contribution in [0.3, 0.4) is 0 Å². The maximum absolute atomic E-state index is 5.59. The van der Waals surface area contributed by atoms with Gasteiger partial charge >= 0.3 is 0 Å². The first-order valence-corrected chi connectivity index (χ1v) is 11.6. The lowest BCUT2D eigenvalue weighted by Crippen LogP contribution is -2.36. The van der Waals surface area contributed by atoms with Gasteiger partial charge in [-0.05, 0) is 50.8 Å². The molecule has 0 saturated heterocycles. The van der Waals surface area contributed by atoms with E-state index in [1.807, 2.05) is 20.8 Å². The quantitative estimate of drug-likeness (QED) is 0.542. The lowest BCUT2D eigenvalue weighted by molar-refractivity contribution is 0.277. The molecule has 0 aliphatic carbocycles. The zero-order chi connectivity index (χ0) is 24.4. The van der Waals surface area contributed by atoms with Gasteiger partial charge in [0.05, 0.1) is 24.1 Å². The number of fused-ring (bicyclic) bond motifs is 1. The number of aryl methyl sites for hydroxylation is 1. The van der Waals surface area contributed by atoms with Crippen LogP contribution >= 0.6 is 0 Å². The monoisotopic (exact) mass is 442 g/mol. The van der Waals surface area contributed by atoms with Crippen LogP contribution in [0.15, 0.2) is 18.2 Å². The predicted octanol–water partition coefficient (Wildman–Crippen LogP) is 6.29. The first-order valence-electron chi connectivity index (χ1n) is 11.6. The number of nitrogens with zero attached hydrogens (tertiary/aromatic N) is 4. The third kappa shape index (κ3) is 6.28. The van der Waals surface area contributed by atoms with Gasteiger partial charge in [0.15, 0.2) is 5.82 Å². The van der Waals surface area contributed by atoms with Crippen LogP contribution in [-0.4, -0.2) is 48.9 Å². The van der Waals surface area contributed by atoms with Crippen LogP contribution < -0.4 is 9.64 Å². The first kappa shape index (κ1) is 27.6. The van der Waals surface area contributed by atoms with E-state index in [0.717, 1.165) is 47.1 Å². The summed E-state index contributed by atoms with van der Waals surface area (Å²) in [6.07, 6.45) is 3.31. The van der Waals surface area contributed by atoms with E-state index >= 15 is 0 Å². The van der Waals surface area contributed by atoms with Gasteiger partial charge in [-0.15, -0.1) is 0 Å². The molecule has 1 unspecified atom stereocenters. The largest absolute Gasteiger partial charge is 0.480 e. The highest BCUT2D eigenvalue weighted by molar-refractivity contribution is 5.78. The molecule has 2 aromatic heterocycles. The smallest absolute Gasteiger partial charge is 0.222 e. The second kappa shape index (κ2) is 13.2. The van der Waals surface area contributed by atoms with Crippen LogP contribution in [0.4, 0.5) is 5.82 Å². The summed E-state index contributed by atoms with van der Waals surface area (Å²) in [7, 11) is 4.91. The summed E-state index contributed by atoms with van der Waals surface area (Å²) in [5, 5.41) is 0. The molecule has 2 aromatic rings. The molecule has 0 radical (unpaired) electrons. The first-order chi connectivity index (χ1) is 15.3. The van der Waals surface area contributed by atoms with Crippen molar-refractivity contribution in [3.8, 4) is 17.1 Å². The summed E-state index contributed by atoms with van der Waals surface area (Å²) in [5.41, 5.74) is 5.77. The van der Waals surface area contributed by atoms with Crippen molar-refractivity contribution < 1.29 is 9.47 Å². The van der Waals surface area contributed by atoms with Crippen molar-refractivity contribution in [3.05, 3.63) is 35.3 Å². The molecule has 0 spiro atoms. The number of aromatic nitrogens is 3. The van der Waals surface area contributed by atoms with Crippen LogP contribution in [0.25, 0.3) is 16.8 Å². The van der Waals surface area contributed by atoms with Gasteiger partial charge in [-0.25, -0.2) is 15.0 Å². The highest BCUT2D eigenvalue weighted by atomic mass is 16.5. The van der Waals surface area contributed by atoms with Crippen molar-refractivity contribution >= 4 is 11.4 Å². The van der Waals surface area contributed by atoms with Gasteiger partial charge < -0.3 is 14.4 Å². The van der Waals surface area contributed by atoms with Crippen LogP contribution in [-0.2, 0) is 4.74 Å². The minimum absolute atomic E-state index is 0.345. The Morgan fingerprint density at radius 3 is 2.12 bits per heavy atom. The van der Waals surface area contributed by atoms with Gasteiger partial charge in [-0.1, -0.05) is 40.7 Å². The topological polar surface area (TPSA) is 60.4 Å². The van der Waals surface area contributed by atoms with Gasteiger partial charge in [0.1, 0.15) is 5.69 Å². The third-order valence-electron chi connectivity index (χ3n) is 5.34. The van der Waals surface area contributed by atoms with E-state index in [1.165, 1.54) is 5.57 Å². The molecule has 3 rings (SSSR count). The summed E-state index contributed by atoms with van der Waals surface area (Å²) >= 11 is 0. The Balaban J connectivity index is 0.000000944. The number of rotatable bonds is 5. The van der Waals surface area contributed by atoms with Gasteiger partial charge in [0, 0.05) is 32.5 Å². The average molecular weight is 443 g/mol. The molecule has 1 aliphatic rings. The summed E-state index contributed by atoms with van der Waals surface area (Å²) in [6.45, 7) is 17.7. The zero-order valence-electron chi connectivity index (χ0n) is 21.9. The molecule has 1 atom stereocenters. The van der Waals surface area contributed by atoms with Crippen LogP contribution in [0.1, 0.15) is 77.9 Å². The molecule has 6 nitrogen and oxygen atoms in total. The van der Waals surface area contributed by atoms with E-state index in [-0.39, 0.29) is 0 Å². The minimum atomic E-state index is 0.345. The Morgan fingerprint density at radius 2 is 1.59 bits per heavy atom. The SMILES string of the molecule is CC.CCC(C)N1CC=C(C)c2nc(-c3ccc(C(C)C)nc3OC)c(C)nc21.COC. The summed E-state index contributed by atoms with van der Waals surface area (Å²) in [6, 6.07) is 4.53. The van der Waals surface area contributed by atoms with E-state index in [1.54, 1.807) is 21.3 Å². The number of allylic oxidation sites excluding steroid dienone is 1. The number of ether oxygens (including phenoxy) is 2. The fourth-order valence-corrected chi connectivity index (χ4v) is 3.37. The second-order valence-electron chi connectivity index (χ2n) is 7.98. The van der Waals surface area contributed by atoms with Crippen LogP contribution in [0.5, 0.6) is 5.88 Å². The van der Waals surface area contributed by atoms with E-state index in [9.17, 15) is 0 Å². The summed E-state index contributed by atoms with van der Waals surface area (Å²) < 4.78 is 9.84. The number of pyridine rings is 1. The third-order valence-corrected chi connectivity index (χ3v) is 5.34. The molecule has 6 heteroatoms. The van der Waals surface area contributed by atoms with Crippen molar-refractivity contribution in [2.75, 3.05) is 32.8 Å². The molecule has 1 aliphatic heterocycles. The van der Waals surface area contributed by atoms with E-state index in [2.05, 4.69) is 67.4 Å². The molecular weight excluding hydrogens is 400 g/mol. The number of methoxy groups -OCH3 is 2. The van der Waals surface area contributed by atoms with Crippen molar-refractivity contribution in [3.63, 3.8) is 0 Å². The number of hydrogen-bond acceptors (Lipinski definition) is 6. The Kier molecular flexibility index (Phi) is 11.3. The Hall–Kier alpha value is -2.47. The molecule has 3 heterocycles. The van der Waals surface area contributed by atoms with E-state index < -0.39 is 0 Å². The number of hydrogen-bond donors (Lipinski definition) is 0. The molecule has 0 saturated carbocycles. The molecule has 0 N–H and O–H groups in total. The standard InChI is InChI=1S/C22H30N4O.C2H6O.C2H6/c1-8-15(5)26-12-11-14(4)19-21(26)23-16(6)20(25-19)17-9-10-18(13(2)3)24-22(17)27-7;1-3-2;1-2/h9-11,13,15H,8,12H2,1-7H3;1-2H3;1-2H3. The molecule has 0 bridgehead atoms. The molecule has 0 aromatic carbocycles.